The van der Waals surface area contributed by atoms with Gasteiger partial charge in [0.2, 0.25) is 23.1 Å². The summed E-state index contributed by atoms with van der Waals surface area (Å²) in [7, 11) is -1.47. The minimum atomic E-state index is -3.10. The number of cyclic esters (lactones) is 1. The fraction of sp³-hybridized carbons (Fsp3) is 0.543. The number of hydrogen-bond acceptors (Lipinski definition) is 14. The number of hydrogen-bond donors (Lipinski definition) is 5. The van der Waals surface area contributed by atoms with E-state index in [0.29, 0.717) is 29.0 Å². The number of methoxy groups -OCH3 is 1. The van der Waals surface area contributed by atoms with Gasteiger partial charge in [0.1, 0.15) is 23.5 Å². The molecule has 1 aliphatic heterocycles. The summed E-state index contributed by atoms with van der Waals surface area (Å²) in [5.41, 5.74) is 8.51. The van der Waals surface area contributed by atoms with Crippen molar-refractivity contribution in [1.82, 2.24) is 15.0 Å². The predicted molar refractivity (Wildman–Crippen MR) is 270 cm³/mol. The normalized spacial score (nSPS) is 15.2. The van der Waals surface area contributed by atoms with E-state index >= 15 is 0 Å². The zero-order valence-electron chi connectivity index (χ0n) is 41.1. The van der Waals surface area contributed by atoms with Crippen LogP contribution in [0.4, 0.5) is 32.5 Å². The minimum Gasteiger partial charge on any atom is -0.489 e. The summed E-state index contributed by atoms with van der Waals surface area (Å²) in [6.07, 6.45) is 3.88. The molecule has 1 saturated heterocycles. The highest BCUT2D eigenvalue weighted by atomic mass is 35.5. The molecular formula is C46H67Cl3FN8O10P. The Labute approximate surface area is 419 Å². The highest BCUT2D eigenvalue weighted by molar-refractivity contribution is 7.57. The van der Waals surface area contributed by atoms with E-state index in [4.69, 9.17) is 64.7 Å². The van der Waals surface area contributed by atoms with Crippen molar-refractivity contribution in [3.8, 4) is 5.75 Å². The van der Waals surface area contributed by atoms with Crippen molar-refractivity contribution in [2.75, 3.05) is 59.4 Å². The van der Waals surface area contributed by atoms with E-state index < -0.39 is 37.2 Å². The van der Waals surface area contributed by atoms with Crippen LogP contribution in [0, 0.1) is 12.7 Å². The molecule has 0 bridgehead atoms. The fourth-order valence-corrected chi connectivity index (χ4v) is 7.89. The summed E-state index contributed by atoms with van der Waals surface area (Å²) >= 11 is 17.6. The maximum absolute atomic E-state index is 14.3. The van der Waals surface area contributed by atoms with E-state index in [9.17, 15) is 28.1 Å². The van der Waals surface area contributed by atoms with Crippen LogP contribution in [-0.4, -0.2) is 112 Å². The van der Waals surface area contributed by atoms with Crippen LogP contribution in [0.15, 0.2) is 41.7 Å². The monoisotopic (exact) mass is 1050 g/mol. The van der Waals surface area contributed by atoms with Crippen molar-refractivity contribution >= 4 is 89.3 Å². The first kappa shape index (κ1) is 60.5. The summed E-state index contributed by atoms with van der Waals surface area (Å²) in [5.74, 6) is -1.60. The van der Waals surface area contributed by atoms with E-state index in [1.165, 1.54) is 12.7 Å². The van der Waals surface area contributed by atoms with Crippen molar-refractivity contribution in [3.05, 3.63) is 68.9 Å². The average Bonchev–Trinajstić information content (AvgIpc) is 3.87. The molecule has 1 saturated carbocycles. The van der Waals surface area contributed by atoms with E-state index in [-0.39, 0.29) is 69.6 Å². The fourth-order valence-electron chi connectivity index (χ4n) is 6.65. The number of carbonyl (C=O) groups excluding carboxylic acids is 3. The third-order valence-electron chi connectivity index (χ3n) is 9.84. The van der Waals surface area contributed by atoms with Gasteiger partial charge < -0.3 is 45.5 Å². The molecule has 0 radical (unpaired) electrons. The van der Waals surface area contributed by atoms with Gasteiger partial charge in [-0.15, -0.1) is 11.6 Å². The van der Waals surface area contributed by atoms with Gasteiger partial charge in [0.05, 0.1) is 35.2 Å². The van der Waals surface area contributed by atoms with Crippen LogP contribution in [0.2, 0.25) is 10.3 Å². The van der Waals surface area contributed by atoms with Crippen LogP contribution in [-0.2, 0) is 34.8 Å². The van der Waals surface area contributed by atoms with Crippen LogP contribution >= 0.6 is 42.2 Å². The number of anilines is 4. The van der Waals surface area contributed by atoms with Crippen LogP contribution in [0.5, 0.6) is 5.75 Å². The topological polar surface area (TPSA) is 249 Å². The van der Waals surface area contributed by atoms with Gasteiger partial charge in [-0.05, 0) is 128 Å². The number of imide groups is 1. The lowest BCUT2D eigenvalue weighted by Crippen LogP contribution is -2.43. The SMILES string of the molecule is CC(C)=C1OC(=O)N(c2cc(OC3CCCC3)c(Cl)cc2F)C1=O.CCNc1nc(Cl)nc(NC(C)(C)C)n1.CCc1cccc(C)c1N(C(=O)CCl)C(C)COC.CP(=O)(O)CCC(N)C(=O)O. The molecule has 3 aromatic rings. The summed E-state index contributed by atoms with van der Waals surface area (Å²) < 4.78 is 40.9. The molecule has 2 aromatic carbocycles. The lowest BCUT2D eigenvalue weighted by Gasteiger charge is -2.31. The Bertz CT molecular complexity index is 2310. The van der Waals surface area contributed by atoms with Gasteiger partial charge in [-0.2, -0.15) is 15.0 Å². The van der Waals surface area contributed by atoms with E-state index in [0.717, 1.165) is 61.5 Å². The molecule has 1 aliphatic carbocycles. The van der Waals surface area contributed by atoms with Crippen molar-refractivity contribution in [2.45, 2.75) is 125 Å². The van der Waals surface area contributed by atoms with Crippen LogP contribution in [0.25, 0.3) is 0 Å². The number of ether oxygens (including phenoxy) is 3. The Kier molecular flexibility index (Phi) is 24.8. The number of nitrogens with two attached hydrogens (primary N) is 1. The molecule has 1 aromatic heterocycles. The van der Waals surface area contributed by atoms with Crippen molar-refractivity contribution in [1.29, 1.82) is 0 Å². The van der Waals surface area contributed by atoms with Crippen LogP contribution in [0.1, 0.15) is 98.6 Å². The number of carboxylic acid groups (broad SMARTS) is 1. The van der Waals surface area contributed by atoms with Gasteiger partial charge >= 0.3 is 18.0 Å². The number of nitrogens with one attached hydrogen (secondary N) is 2. The Hall–Kier alpha value is -4.62. The molecule has 3 atom stereocenters. The first-order chi connectivity index (χ1) is 32.2. The van der Waals surface area contributed by atoms with E-state index in [2.05, 4.69) is 38.6 Å². The number of rotatable bonds is 16. The largest absolute Gasteiger partial charge is 0.489 e. The summed E-state index contributed by atoms with van der Waals surface area (Å²) in [4.78, 5) is 69.9. The zero-order chi connectivity index (χ0) is 52.4. The second kappa shape index (κ2) is 28.3. The number of carboxylic acids is 1. The first-order valence-corrected chi connectivity index (χ1v) is 25.8. The molecule has 384 valence electrons. The van der Waals surface area contributed by atoms with Gasteiger partial charge in [-0.3, -0.25) is 18.9 Å². The van der Waals surface area contributed by atoms with Crippen molar-refractivity contribution in [3.63, 3.8) is 0 Å². The molecule has 2 fully saturated rings. The Morgan fingerprint density at radius 3 is 2.23 bits per heavy atom. The first-order valence-electron chi connectivity index (χ1n) is 22.2. The van der Waals surface area contributed by atoms with Crippen molar-refractivity contribution in [2.24, 2.45) is 5.73 Å². The lowest BCUT2D eigenvalue weighted by molar-refractivity contribution is -0.138. The van der Waals surface area contributed by atoms with E-state index in [1.54, 1.807) is 25.9 Å². The maximum Gasteiger partial charge on any atom is 0.427 e. The predicted octanol–water partition coefficient (Wildman–Crippen LogP) is 9.60. The molecular weight excluding hydrogens is 981 g/mol. The molecule has 6 N–H and O–H groups in total. The highest BCUT2D eigenvalue weighted by Gasteiger charge is 2.40. The number of allylic oxidation sites excluding steroid dienone is 1. The maximum atomic E-state index is 14.3. The summed E-state index contributed by atoms with van der Waals surface area (Å²) in [6, 6.07) is 7.34. The number of carbonyl (C=O) groups is 4. The van der Waals surface area contributed by atoms with Gasteiger partial charge in [0.25, 0.3) is 0 Å². The summed E-state index contributed by atoms with van der Waals surface area (Å²) in [6.45, 7) is 19.8. The van der Waals surface area contributed by atoms with Gasteiger partial charge in [-0.1, -0.05) is 36.7 Å². The van der Waals surface area contributed by atoms with Crippen molar-refractivity contribution < 1.29 is 52.3 Å². The molecule has 23 heteroatoms. The molecule has 3 unspecified atom stereocenters. The molecule has 18 nitrogen and oxygen atoms in total. The summed E-state index contributed by atoms with van der Waals surface area (Å²) in [5, 5.41) is 14.7. The number of amides is 3. The Morgan fingerprint density at radius 2 is 1.72 bits per heavy atom. The minimum absolute atomic E-state index is 0.00962. The zero-order valence-corrected chi connectivity index (χ0v) is 44.3. The Balaban J connectivity index is 0.000000329. The van der Waals surface area contributed by atoms with E-state index in [1.807, 2.05) is 53.7 Å². The standard InChI is InChI=1S/C17H17ClFNO4.C15H22ClNO2.C9H16ClN5.C5H12NO4P/c1-9(2)15-16(21)20(17(22)24-15)13-8-14(11(18)7-12(13)19)23-10-5-3-4-6-10;1-5-13-8-6-7-11(2)15(13)17(14(18)9-16)12(3)10-19-4;1-5-11-7-12-6(10)13-8(14-7)15-9(2,3)4;1-11(9,10)3-2-4(6)5(7)8/h7-8,10H,3-6H2,1-2H3;6-8,12H,5,9-10H2,1-4H3;5H2,1-4H3,(H2,11,12,13,14,15);4H,2-3,6H2,1H3,(H,7,8)(H,9,10). The molecule has 0 spiro atoms. The molecule has 5 rings (SSSR count). The highest BCUT2D eigenvalue weighted by Crippen LogP contribution is 2.38. The smallest absolute Gasteiger partial charge is 0.427 e. The number of aliphatic carboxylic acids is 1. The third kappa shape index (κ3) is 20.0. The average molecular weight is 1050 g/mol. The lowest BCUT2D eigenvalue weighted by atomic mass is 10.0. The molecule has 2 aliphatic rings. The van der Waals surface area contributed by atoms with Crippen LogP contribution < -0.4 is 30.9 Å². The molecule has 2 heterocycles. The quantitative estimate of drug-likeness (QED) is 0.0509. The number of alkyl halides is 1. The number of halogens is 4. The third-order valence-corrected chi connectivity index (χ3v) is 11.6. The number of para-hydroxylation sites is 1. The molecule has 3 amide bonds. The Morgan fingerprint density at radius 1 is 1.10 bits per heavy atom. The van der Waals surface area contributed by atoms with Gasteiger partial charge in [-0.25, -0.2) is 14.1 Å². The second-order valence-corrected chi connectivity index (χ2v) is 21.0. The number of benzene rings is 2. The molecule has 69 heavy (non-hydrogen) atoms. The van der Waals surface area contributed by atoms with Gasteiger partial charge in [0, 0.05) is 38.1 Å². The van der Waals surface area contributed by atoms with Crippen LogP contribution in [0.3, 0.4) is 0 Å². The number of nitrogens with zero attached hydrogens (tertiary/aromatic N) is 5. The second-order valence-electron chi connectivity index (χ2n) is 17.4. The number of aryl methyl sites for hydroxylation is 2. The van der Waals surface area contributed by atoms with Gasteiger partial charge in [0.15, 0.2) is 13.1 Å². The number of aromatic nitrogens is 3.